The first kappa shape index (κ1) is 13.1. The lowest BCUT2D eigenvalue weighted by Gasteiger charge is -2.00. The minimum atomic E-state index is 0.700. The average molecular weight is 267 g/mol. The van der Waals surface area contributed by atoms with Crippen LogP contribution in [0.1, 0.15) is 16.4 Å². The highest BCUT2D eigenvalue weighted by atomic mass is 32.1. The van der Waals surface area contributed by atoms with E-state index in [-0.39, 0.29) is 0 Å². The monoisotopic (exact) mass is 267 g/mol. The Hall–Kier alpha value is -1.31. The Morgan fingerprint density at radius 2 is 2.22 bits per heavy atom. The third-order valence-corrected chi connectivity index (χ3v) is 3.60. The fourth-order valence-electron chi connectivity index (χ4n) is 1.47. The molecule has 7 heteroatoms. The molecule has 0 aliphatic carbocycles. The normalized spacial score (nSPS) is 11.1. The molecule has 0 saturated heterocycles. The summed E-state index contributed by atoms with van der Waals surface area (Å²) >= 11 is 1.57. The van der Waals surface area contributed by atoms with Gasteiger partial charge in [0.25, 0.3) is 0 Å². The number of aryl methyl sites for hydroxylation is 1. The summed E-state index contributed by atoms with van der Waals surface area (Å²) in [5.41, 5.74) is 2.12. The molecule has 1 N–H and O–H groups in total. The summed E-state index contributed by atoms with van der Waals surface area (Å²) < 4.78 is 6.93. The second kappa shape index (κ2) is 6.03. The summed E-state index contributed by atoms with van der Waals surface area (Å²) in [6.07, 6.45) is 1.79. The lowest BCUT2D eigenvalue weighted by Crippen LogP contribution is -2.18. The third kappa shape index (κ3) is 2.92. The molecule has 0 aromatic carbocycles. The smallest absolute Gasteiger partial charge is 0.217 e. The highest BCUT2D eigenvalue weighted by Crippen LogP contribution is 2.17. The Kier molecular flexibility index (Phi) is 4.40. The van der Waals surface area contributed by atoms with Crippen LogP contribution >= 0.6 is 11.3 Å². The summed E-state index contributed by atoms with van der Waals surface area (Å²) in [4.78, 5) is 4.26. The van der Waals surface area contributed by atoms with Gasteiger partial charge in [-0.3, -0.25) is 4.57 Å². The van der Waals surface area contributed by atoms with Gasteiger partial charge in [-0.15, -0.1) is 10.2 Å². The first-order valence-electron chi connectivity index (χ1n) is 5.75. The Morgan fingerprint density at radius 3 is 2.89 bits per heavy atom. The van der Waals surface area contributed by atoms with Gasteiger partial charge in [0, 0.05) is 25.9 Å². The summed E-state index contributed by atoms with van der Waals surface area (Å²) in [5, 5.41) is 13.4. The summed E-state index contributed by atoms with van der Waals surface area (Å²) in [6.45, 7) is 6.24. The van der Waals surface area contributed by atoms with Gasteiger partial charge < -0.3 is 10.1 Å². The van der Waals surface area contributed by atoms with Crippen molar-refractivity contribution in [2.24, 2.45) is 0 Å². The van der Waals surface area contributed by atoms with Crippen molar-refractivity contribution in [3.05, 3.63) is 22.7 Å². The van der Waals surface area contributed by atoms with Crippen LogP contribution in [0.3, 0.4) is 0 Å². The highest BCUT2D eigenvalue weighted by Gasteiger charge is 2.09. The van der Waals surface area contributed by atoms with Crippen LogP contribution in [0.25, 0.3) is 5.13 Å². The molecule has 0 aliphatic heterocycles. The highest BCUT2D eigenvalue weighted by molar-refractivity contribution is 7.13. The minimum absolute atomic E-state index is 0.700. The second-order valence-electron chi connectivity index (χ2n) is 3.93. The van der Waals surface area contributed by atoms with E-state index in [0.717, 1.165) is 28.1 Å². The Bertz CT molecular complexity index is 507. The molecule has 6 nitrogen and oxygen atoms in total. The molecule has 0 unspecified atom stereocenters. The zero-order valence-electron chi connectivity index (χ0n) is 10.8. The van der Waals surface area contributed by atoms with E-state index in [1.54, 1.807) is 24.8 Å². The molecule has 18 heavy (non-hydrogen) atoms. The first-order chi connectivity index (χ1) is 8.72. The van der Waals surface area contributed by atoms with Crippen LogP contribution in [0.4, 0.5) is 0 Å². The maximum absolute atomic E-state index is 4.97. The Balaban J connectivity index is 2.00. The van der Waals surface area contributed by atoms with Crippen molar-refractivity contribution in [3.63, 3.8) is 0 Å². The molecule has 2 heterocycles. The van der Waals surface area contributed by atoms with E-state index >= 15 is 0 Å². The van der Waals surface area contributed by atoms with Gasteiger partial charge in [-0.2, -0.15) is 0 Å². The SMILES string of the molecule is COCCNCc1nnc(-n2cnc(C)c2C)s1. The Morgan fingerprint density at radius 1 is 1.39 bits per heavy atom. The van der Waals surface area contributed by atoms with Crippen LogP contribution < -0.4 is 5.32 Å². The molecule has 2 rings (SSSR count). The number of hydrogen-bond acceptors (Lipinski definition) is 6. The molecule has 98 valence electrons. The van der Waals surface area contributed by atoms with Crippen molar-refractivity contribution in [3.8, 4) is 5.13 Å². The minimum Gasteiger partial charge on any atom is -0.383 e. The number of ether oxygens (including phenoxy) is 1. The number of hydrogen-bond donors (Lipinski definition) is 1. The number of nitrogens with one attached hydrogen (secondary N) is 1. The van der Waals surface area contributed by atoms with Gasteiger partial charge in [-0.05, 0) is 13.8 Å². The lowest BCUT2D eigenvalue weighted by atomic mass is 10.4. The lowest BCUT2D eigenvalue weighted by molar-refractivity contribution is 0.199. The number of nitrogens with zero attached hydrogens (tertiary/aromatic N) is 4. The summed E-state index contributed by atoms with van der Waals surface area (Å²) in [7, 11) is 1.69. The van der Waals surface area contributed by atoms with Crippen molar-refractivity contribution in [1.82, 2.24) is 25.1 Å². The first-order valence-corrected chi connectivity index (χ1v) is 6.57. The van der Waals surface area contributed by atoms with E-state index in [1.807, 2.05) is 18.4 Å². The predicted octanol–water partition coefficient (Wildman–Crippen LogP) is 1.08. The number of rotatable bonds is 6. The molecule has 2 aromatic rings. The van der Waals surface area contributed by atoms with Crippen LogP contribution in [0.15, 0.2) is 6.33 Å². The van der Waals surface area contributed by atoms with Gasteiger partial charge in [0.15, 0.2) is 0 Å². The molecule has 0 radical (unpaired) electrons. The van der Waals surface area contributed by atoms with E-state index in [0.29, 0.717) is 13.2 Å². The molecule has 0 saturated carbocycles. The van der Waals surface area contributed by atoms with E-state index in [1.165, 1.54) is 0 Å². The molecular weight excluding hydrogens is 250 g/mol. The van der Waals surface area contributed by atoms with Crippen LogP contribution in [0, 0.1) is 13.8 Å². The van der Waals surface area contributed by atoms with Crippen molar-refractivity contribution >= 4 is 11.3 Å². The predicted molar refractivity (Wildman–Crippen MR) is 70.1 cm³/mol. The van der Waals surface area contributed by atoms with Gasteiger partial charge in [0.2, 0.25) is 5.13 Å². The van der Waals surface area contributed by atoms with Crippen LogP contribution in [-0.2, 0) is 11.3 Å². The zero-order chi connectivity index (χ0) is 13.0. The van der Waals surface area contributed by atoms with Gasteiger partial charge in [-0.1, -0.05) is 11.3 Å². The molecular formula is C11H17N5OS. The molecule has 0 spiro atoms. The van der Waals surface area contributed by atoms with Crippen molar-refractivity contribution in [2.75, 3.05) is 20.3 Å². The average Bonchev–Trinajstić information content (AvgIpc) is 2.94. The number of imidazole rings is 1. The van der Waals surface area contributed by atoms with E-state index < -0.39 is 0 Å². The van der Waals surface area contributed by atoms with E-state index in [9.17, 15) is 0 Å². The number of aromatic nitrogens is 4. The van der Waals surface area contributed by atoms with Gasteiger partial charge in [-0.25, -0.2) is 4.98 Å². The molecule has 2 aromatic heterocycles. The topological polar surface area (TPSA) is 64.9 Å². The van der Waals surface area contributed by atoms with E-state index in [2.05, 4.69) is 20.5 Å². The van der Waals surface area contributed by atoms with Gasteiger partial charge in [0.1, 0.15) is 11.3 Å². The fourth-order valence-corrected chi connectivity index (χ4v) is 2.31. The summed E-state index contributed by atoms with van der Waals surface area (Å²) in [6, 6.07) is 0. The van der Waals surface area contributed by atoms with Crippen molar-refractivity contribution in [2.45, 2.75) is 20.4 Å². The molecule has 0 amide bonds. The molecule has 0 fully saturated rings. The standard InChI is InChI=1S/C11H17N5OS/c1-8-9(2)16(7-13-8)11-15-14-10(18-11)6-12-4-5-17-3/h7,12H,4-6H2,1-3H3. The zero-order valence-corrected chi connectivity index (χ0v) is 11.6. The number of methoxy groups -OCH3 is 1. The Labute approximate surface area is 110 Å². The van der Waals surface area contributed by atoms with Crippen LogP contribution in [0.2, 0.25) is 0 Å². The molecule has 0 aliphatic rings. The maximum atomic E-state index is 4.97. The summed E-state index contributed by atoms with van der Waals surface area (Å²) in [5.74, 6) is 0. The van der Waals surface area contributed by atoms with Crippen LogP contribution in [0.5, 0.6) is 0 Å². The third-order valence-electron chi connectivity index (χ3n) is 2.67. The fraction of sp³-hybridized carbons (Fsp3) is 0.545. The van der Waals surface area contributed by atoms with Crippen LogP contribution in [-0.4, -0.2) is 40.0 Å². The molecule has 0 bridgehead atoms. The van der Waals surface area contributed by atoms with Crippen molar-refractivity contribution in [1.29, 1.82) is 0 Å². The van der Waals surface area contributed by atoms with Crippen molar-refractivity contribution < 1.29 is 4.74 Å². The maximum Gasteiger partial charge on any atom is 0.217 e. The second-order valence-corrected chi connectivity index (χ2v) is 4.97. The quantitative estimate of drug-likeness (QED) is 0.793. The molecule has 0 atom stereocenters. The van der Waals surface area contributed by atoms with Gasteiger partial charge >= 0.3 is 0 Å². The largest absolute Gasteiger partial charge is 0.383 e. The van der Waals surface area contributed by atoms with Gasteiger partial charge in [0.05, 0.1) is 12.3 Å². The van der Waals surface area contributed by atoms with E-state index in [4.69, 9.17) is 4.74 Å².